The summed E-state index contributed by atoms with van der Waals surface area (Å²) in [5, 5.41) is 1.72. The molecular weight excluding hydrogens is 83.8 g/mol. The van der Waals surface area contributed by atoms with Crippen LogP contribution in [-0.4, -0.2) is 23.1 Å². The van der Waals surface area contributed by atoms with Crippen molar-refractivity contribution < 1.29 is 0 Å². The van der Waals surface area contributed by atoms with Crippen molar-refractivity contribution in [1.82, 2.24) is 0 Å². The van der Waals surface area contributed by atoms with E-state index < -0.39 is 0 Å². The van der Waals surface area contributed by atoms with Crippen LogP contribution in [0.1, 0.15) is 0 Å². The van der Waals surface area contributed by atoms with Crippen molar-refractivity contribution in [3.05, 3.63) is 0 Å². The number of halogens is 1. The largest absolute Gasteiger partial charge is 0.103 e. The molecule has 0 aromatic heterocycles. The zero-order valence-corrected chi connectivity index (χ0v) is 4.33. The lowest BCUT2D eigenvalue weighted by atomic mass is 11.4. The van der Waals surface area contributed by atoms with Gasteiger partial charge in [0.05, 0.1) is 0 Å². The molecule has 2 heteroatoms. The van der Waals surface area contributed by atoms with Crippen LogP contribution in [0.15, 0.2) is 0 Å². The summed E-state index contributed by atoms with van der Waals surface area (Å²) in [6, 6.07) is 0. The normalized spacial score (nSPS) is 2.00. The van der Waals surface area contributed by atoms with Gasteiger partial charge in [-0.25, -0.2) is 0 Å². The van der Waals surface area contributed by atoms with Crippen LogP contribution in [0.3, 0.4) is 0 Å². The minimum Gasteiger partial charge on any atom is -0.103 e. The summed E-state index contributed by atoms with van der Waals surface area (Å²) >= 11 is 4.53. The predicted octanol–water partition coefficient (Wildman–Crippen LogP) is 0.435. The molecule has 0 aromatic rings. The van der Waals surface area contributed by atoms with E-state index in [0.717, 1.165) is 0 Å². The highest BCUT2D eigenvalue weighted by molar-refractivity contribution is 6.29. The fraction of sp³-hybridized carbons (Fsp3) is 0. The van der Waals surface area contributed by atoms with Gasteiger partial charge in [0, 0.05) is 28.4 Å². The van der Waals surface area contributed by atoms with E-state index in [9.17, 15) is 0 Å². The third-order valence-electron chi connectivity index (χ3n) is 0. The van der Waals surface area contributed by atoms with Crippen molar-refractivity contribution in [2.45, 2.75) is 0 Å². The topological polar surface area (TPSA) is 0 Å². The van der Waals surface area contributed by atoms with Crippen LogP contribution in [0.4, 0.5) is 0 Å². The van der Waals surface area contributed by atoms with Crippen molar-refractivity contribution >= 4 is 34.7 Å². The smallest absolute Gasteiger partial charge is 0.000627 e. The second-order valence-electron chi connectivity index (χ2n) is 0.109. The molecule has 0 aliphatic heterocycles. The summed E-state index contributed by atoms with van der Waals surface area (Å²) in [4.78, 5) is 0. The number of terminal acetylenes is 1. The predicted molar refractivity (Wildman–Crippen MR) is 20.4 cm³/mol. The second-order valence-corrected chi connectivity index (χ2v) is 0.327. The molecule has 0 saturated carbocycles. The van der Waals surface area contributed by atoms with Crippen LogP contribution in [0.25, 0.3) is 0 Å². The van der Waals surface area contributed by atoms with Gasteiger partial charge in [-0.05, 0) is 11.6 Å². The lowest BCUT2D eigenvalue weighted by Gasteiger charge is -1.18. The number of hydrogen-bond donors (Lipinski definition) is 0. The van der Waals surface area contributed by atoms with Gasteiger partial charge in [-0.1, -0.05) is 0 Å². The van der Waals surface area contributed by atoms with Crippen molar-refractivity contribution in [2.24, 2.45) is 0 Å². The van der Waals surface area contributed by atoms with Crippen LogP contribution in [0, 0.1) is 11.8 Å². The first-order chi connectivity index (χ1) is 1.41. The molecule has 0 saturated heterocycles. The zero-order valence-electron chi connectivity index (χ0n) is 2.16. The summed E-state index contributed by atoms with van der Waals surface area (Å²) in [5.41, 5.74) is 0. The molecule has 0 heterocycles. The van der Waals surface area contributed by atoms with E-state index in [1.165, 1.54) is 0 Å². The molecule has 0 aromatic carbocycles. The van der Waals surface area contributed by atoms with Gasteiger partial charge in [-0.15, -0.1) is 6.42 Å². The van der Waals surface area contributed by atoms with E-state index >= 15 is 0 Å². The molecule has 0 spiro atoms. The Bertz CT molecular complexity index is 27.5. The zero-order chi connectivity index (χ0) is 2.71. The highest BCUT2D eigenvalue weighted by atomic mass is 35.5. The van der Waals surface area contributed by atoms with Crippen molar-refractivity contribution in [1.29, 1.82) is 0 Å². The molecule has 0 nitrogen and oxygen atoms in total. The SMILES string of the molecule is C#CCl.[Mg]. The lowest BCUT2D eigenvalue weighted by molar-refractivity contribution is 3.10. The molecule has 0 amide bonds. The van der Waals surface area contributed by atoms with Gasteiger partial charge in [0.25, 0.3) is 0 Å². The third-order valence-corrected chi connectivity index (χ3v) is 0. The molecule has 0 unspecified atom stereocenters. The molecule has 2 radical (unpaired) electrons. The van der Waals surface area contributed by atoms with Crippen molar-refractivity contribution in [3.8, 4) is 11.8 Å². The van der Waals surface area contributed by atoms with Gasteiger partial charge in [0.2, 0.25) is 0 Å². The van der Waals surface area contributed by atoms with Gasteiger partial charge in [-0.3, -0.25) is 0 Å². The van der Waals surface area contributed by atoms with E-state index in [1.54, 1.807) is 5.38 Å². The van der Waals surface area contributed by atoms with Crippen LogP contribution in [0.2, 0.25) is 0 Å². The maximum atomic E-state index is 4.53. The molecule has 0 aliphatic carbocycles. The first-order valence-corrected chi connectivity index (χ1v) is 0.856. The van der Waals surface area contributed by atoms with Gasteiger partial charge in [-0.2, -0.15) is 0 Å². The Morgan fingerprint density at radius 2 is 1.75 bits per heavy atom. The van der Waals surface area contributed by atoms with E-state index in [1.807, 2.05) is 0 Å². The van der Waals surface area contributed by atoms with Gasteiger partial charge < -0.3 is 0 Å². The van der Waals surface area contributed by atoms with E-state index in [-0.39, 0.29) is 23.1 Å². The highest BCUT2D eigenvalue weighted by Gasteiger charge is 1.13. The van der Waals surface area contributed by atoms with E-state index in [2.05, 4.69) is 18.0 Å². The Labute approximate surface area is 46.7 Å². The molecule has 0 N–H and O–H groups in total. The highest BCUT2D eigenvalue weighted by Crippen LogP contribution is 1.48. The average Bonchev–Trinajstić information content (AvgIpc) is 0.918. The maximum absolute atomic E-state index is 4.53. The van der Waals surface area contributed by atoms with Crippen molar-refractivity contribution in [3.63, 3.8) is 0 Å². The van der Waals surface area contributed by atoms with Gasteiger partial charge >= 0.3 is 0 Å². The second kappa shape index (κ2) is 9.48. The molecule has 18 valence electrons. The molecule has 0 aliphatic rings. The molecule has 0 bridgehead atoms. The summed E-state index contributed by atoms with van der Waals surface area (Å²) < 4.78 is 0. The third kappa shape index (κ3) is 18.0. The van der Waals surface area contributed by atoms with E-state index in [4.69, 9.17) is 0 Å². The van der Waals surface area contributed by atoms with Gasteiger partial charge in [0.15, 0.2) is 0 Å². The Morgan fingerprint density at radius 3 is 1.75 bits per heavy atom. The Kier molecular flexibility index (Phi) is 20.9. The average molecular weight is 84.8 g/mol. The first kappa shape index (κ1) is 8.82. The minimum absolute atomic E-state index is 0. The van der Waals surface area contributed by atoms with Crippen LogP contribution in [0.5, 0.6) is 0 Å². The lowest BCUT2D eigenvalue weighted by Crippen LogP contribution is -0.954. The Hall–Kier alpha value is 0.616. The van der Waals surface area contributed by atoms with Crippen LogP contribution >= 0.6 is 11.6 Å². The van der Waals surface area contributed by atoms with Crippen LogP contribution in [-0.2, 0) is 0 Å². The summed E-state index contributed by atoms with van der Waals surface area (Å²) in [6.07, 6.45) is 4.36. The van der Waals surface area contributed by atoms with Gasteiger partial charge in [0.1, 0.15) is 0 Å². The maximum Gasteiger partial charge on any atom is 0.000627 e. The molecule has 4 heavy (non-hydrogen) atoms. The minimum atomic E-state index is 0. The summed E-state index contributed by atoms with van der Waals surface area (Å²) in [5.74, 6) is 0. The molecule has 0 fully saturated rings. The monoisotopic (exact) mass is 84.0 g/mol. The Balaban J connectivity index is 0. The van der Waals surface area contributed by atoms with Crippen molar-refractivity contribution in [2.75, 3.05) is 0 Å². The summed E-state index contributed by atoms with van der Waals surface area (Å²) in [7, 11) is 0. The first-order valence-electron chi connectivity index (χ1n) is 0.478. The number of rotatable bonds is 0. The molecule has 0 atom stereocenters. The molecular formula is C2HClMg. The Morgan fingerprint density at radius 1 is 1.75 bits per heavy atom. The summed E-state index contributed by atoms with van der Waals surface area (Å²) in [6.45, 7) is 0. The van der Waals surface area contributed by atoms with E-state index in [0.29, 0.717) is 0 Å². The quantitative estimate of drug-likeness (QED) is 0.295. The molecule has 0 rings (SSSR count). The standard InChI is InChI=1S/C2HCl.Mg/c1-2-3;/h1H;. The fourth-order valence-electron chi connectivity index (χ4n) is 0. The fourth-order valence-corrected chi connectivity index (χ4v) is 0. The number of hydrogen-bond acceptors (Lipinski definition) is 0. The van der Waals surface area contributed by atoms with Crippen LogP contribution < -0.4 is 0 Å².